The van der Waals surface area contributed by atoms with Gasteiger partial charge in [-0.15, -0.1) is 0 Å². The molecule has 0 aliphatic carbocycles. The smallest absolute Gasteiger partial charge is 0.261 e. The topological polar surface area (TPSA) is 77.2 Å². The van der Waals surface area contributed by atoms with Crippen LogP contribution in [0.1, 0.15) is 32.7 Å². The zero-order valence-corrected chi connectivity index (χ0v) is 17.5. The number of benzene rings is 2. The number of carbonyl (C=O) groups excluding carboxylic acids is 1. The first-order valence-corrected chi connectivity index (χ1v) is 9.85. The fraction of sp³-hybridized carbons (Fsp3) is 0.286. The van der Waals surface area contributed by atoms with Gasteiger partial charge in [-0.1, -0.05) is 65.3 Å². The first kappa shape index (κ1) is 20.1. The molecule has 0 fully saturated rings. The van der Waals surface area contributed by atoms with Crippen LogP contribution in [0.15, 0.2) is 63.6 Å². The number of ether oxygens (including phenoxy) is 1. The Morgan fingerprint density at radius 3 is 2.39 bits per heavy atom. The molecule has 1 N–H and O–H groups in total. The summed E-state index contributed by atoms with van der Waals surface area (Å²) in [5, 5.41) is 7.00. The van der Waals surface area contributed by atoms with Gasteiger partial charge in [0, 0.05) is 10.0 Å². The van der Waals surface area contributed by atoms with E-state index < -0.39 is 12.1 Å². The lowest BCUT2D eigenvalue weighted by atomic mass is 10.0. The van der Waals surface area contributed by atoms with Gasteiger partial charge in [0.1, 0.15) is 11.8 Å². The molecule has 0 saturated heterocycles. The molecule has 2 atom stereocenters. The van der Waals surface area contributed by atoms with E-state index in [2.05, 4.69) is 31.4 Å². The molecule has 2 aromatic carbocycles. The van der Waals surface area contributed by atoms with Crippen LogP contribution in [0.25, 0.3) is 11.4 Å². The van der Waals surface area contributed by atoms with E-state index in [9.17, 15) is 4.79 Å². The number of nitrogens with one attached hydrogen (secondary N) is 1. The van der Waals surface area contributed by atoms with Crippen molar-refractivity contribution in [3.63, 3.8) is 0 Å². The lowest BCUT2D eigenvalue weighted by molar-refractivity contribution is -0.128. The minimum Gasteiger partial charge on any atom is -0.481 e. The third-order valence-electron chi connectivity index (χ3n) is 4.20. The third kappa shape index (κ3) is 4.98. The Bertz CT molecular complexity index is 910. The van der Waals surface area contributed by atoms with Gasteiger partial charge in [-0.3, -0.25) is 4.79 Å². The molecule has 1 aromatic heterocycles. The molecule has 0 spiro atoms. The fourth-order valence-corrected chi connectivity index (χ4v) is 2.89. The number of amides is 1. The van der Waals surface area contributed by atoms with Crippen LogP contribution in [0, 0.1) is 5.92 Å². The average molecular weight is 444 g/mol. The van der Waals surface area contributed by atoms with Crippen LogP contribution in [0.5, 0.6) is 5.75 Å². The lowest BCUT2D eigenvalue weighted by Crippen LogP contribution is -2.40. The number of hydrogen-bond donors (Lipinski definition) is 1. The summed E-state index contributed by atoms with van der Waals surface area (Å²) in [6.45, 7) is 5.67. The van der Waals surface area contributed by atoms with E-state index in [-0.39, 0.29) is 11.8 Å². The van der Waals surface area contributed by atoms with Crippen molar-refractivity contribution in [3.8, 4) is 17.1 Å². The van der Waals surface area contributed by atoms with Crippen LogP contribution in [0.4, 0.5) is 0 Å². The van der Waals surface area contributed by atoms with Crippen molar-refractivity contribution in [1.29, 1.82) is 0 Å². The Kier molecular flexibility index (Phi) is 6.46. The van der Waals surface area contributed by atoms with Crippen molar-refractivity contribution in [2.24, 2.45) is 5.92 Å². The van der Waals surface area contributed by atoms with Crippen LogP contribution in [-0.2, 0) is 4.79 Å². The molecule has 3 rings (SSSR count). The van der Waals surface area contributed by atoms with E-state index in [4.69, 9.17) is 9.26 Å². The molecule has 1 amide bonds. The van der Waals surface area contributed by atoms with Crippen molar-refractivity contribution < 1.29 is 14.1 Å². The first-order chi connectivity index (χ1) is 13.4. The second-order valence-electron chi connectivity index (χ2n) is 6.77. The minimum atomic E-state index is -0.668. The Labute approximate surface area is 172 Å². The van der Waals surface area contributed by atoms with Crippen LogP contribution in [0.3, 0.4) is 0 Å². The van der Waals surface area contributed by atoms with Crippen molar-refractivity contribution in [1.82, 2.24) is 15.5 Å². The van der Waals surface area contributed by atoms with Gasteiger partial charge in [0.15, 0.2) is 6.10 Å². The summed E-state index contributed by atoms with van der Waals surface area (Å²) in [7, 11) is 0. The molecule has 1 heterocycles. The molecule has 0 aliphatic heterocycles. The lowest BCUT2D eigenvalue weighted by Gasteiger charge is -2.21. The highest BCUT2D eigenvalue weighted by Crippen LogP contribution is 2.24. The molecule has 0 saturated carbocycles. The molecular formula is C21H22BrN3O3. The van der Waals surface area contributed by atoms with E-state index in [0.717, 1.165) is 10.0 Å². The standard InChI is InChI=1S/C21H22BrN3O3/c1-13(2)18(21-24-19(25-28-21)15-7-5-4-6-8-15)23-20(26)14(3)27-17-11-9-16(22)10-12-17/h4-14,18H,1-3H3,(H,23,26)/t14-,18+/m0/s1. The maximum Gasteiger partial charge on any atom is 0.261 e. The molecule has 3 aromatic rings. The van der Waals surface area contributed by atoms with E-state index in [0.29, 0.717) is 17.5 Å². The number of hydrogen-bond acceptors (Lipinski definition) is 5. The molecule has 28 heavy (non-hydrogen) atoms. The normalized spacial score (nSPS) is 13.2. The fourth-order valence-electron chi connectivity index (χ4n) is 2.62. The largest absolute Gasteiger partial charge is 0.481 e. The first-order valence-electron chi connectivity index (χ1n) is 9.05. The number of halogens is 1. The highest BCUT2D eigenvalue weighted by atomic mass is 79.9. The summed E-state index contributed by atoms with van der Waals surface area (Å²) in [5.74, 6) is 1.30. The van der Waals surface area contributed by atoms with Crippen LogP contribution >= 0.6 is 15.9 Å². The predicted molar refractivity (Wildman–Crippen MR) is 110 cm³/mol. The highest BCUT2D eigenvalue weighted by molar-refractivity contribution is 9.10. The Hall–Kier alpha value is -2.67. The third-order valence-corrected chi connectivity index (χ3v) is 4.73. The summed E-state index contributed by atoms with van der Waals surface area (Å²) in [6, 6.07) is 16.5. The maximum absolute atomic E-state index is 12.6. The van der Waals surface area contributed by atoms with Crippen LogP contribution in [-0.4, -0.2) is 22.2 Å². The minimum absolute atomic E-state index is 0.0629. The number of rotatable bonds is 7. The van der Waals surface area contributed by atoms with E-state index in [1.807, 2.05) is 56.3 Å². The van der Waals surface area contributed by atoms with Crippen LogP contribution < -0.4 is 10.1 Å². The maximum atomic E-state index is 12.6. The van der Waals surface area contributed by atoms with Gasteiger partial charge < -0.3 is 14.6 Å². The van der Waals surface area contributed by atoms with E-state index in [1.54, 1.807) is 19.1 Å². The summed E-state index contributed by atoms with van der Waals surface area (Å²) in [5.41, 5.74) is 0.860. The molecule has 0 bridgehead atoms. The Morgan fingerprint density at radius 2 is 1.75 bits per heavy atom. The molecular weight excluding hydrogens is 422 g/mol. The van der Waals surface area contributed by atoms with Crippen molar-refractivity contribution >= 4 is 21.8 Å². The number of nitrogens with zero attached hydrogens (tertiary/aromatic N) is 2. The number of aromatic nitrogens is 2. The van der Waals surface area contributed by atoms with E-state index >= 15 is 0 Å². The molecule has 0 radical (unpaired) electrons. The van der Waals surface area contributed by atoms with Gasteiger partial charge in [0.05, 0.1) is 0 Å². The molecule has 146 valence electrons. The zero-order chi connectivity index (χ0) is 20.1. The summed E-state index contributed by atoms with van der Waals surface area (Å²) < 4.78 is 12.1. The van der Waals surface area contributed by atoms with Gasteiger partial charge in [0.2, 0.25) is 11.7 Å². The molecule has 0 aliphatic rings. The van der Waals surface area contributed by atoms with Crippen molar-refractivity contribution in [3.05, 3.63) is 65.0 Å². The summed E-state index contributed by atoms with van der Waals surface area (Å²) in [6.07, 6.45) is -0.668. The second kappa shape index (κ2) is 9.01. The SMILES string of the molecule is CC(C)[C@@H](NC(=O)[C@H](C)Oc1ccc(Br)cc1)c1nc(-c2ccccc2)no1. The summed E-state index contributed by atoms with van der Waals surface area (Å²) in [4.78, 5) is 17.1. The second-order valence-corrected chi connectivity index (χ2v) is 7.68. The van der Waals surface area contributed by atoms with Crippen molar-refractivity contribution in [2.75, 3.05) is 0 Å². The average Bonchev–Trinajstić information content (AvgIpc) is 3.18. The monoisotopic (exact) mass is 443 g/mol. The van der Waals surface area contributed by atoms with Gasteiger partial charge in [0.25, 0.3) is 5.91 Å². The molecule has 6 nitrogen and oxygen atoms in total. The van der Waals surface area contributed by atoms with Crippen molar-refractivity contribution in [2.45, 2.75) is 32.9 Å². The number of carbonyl (C=O) groups is 1. The van der Waals surface area contributed by atoms with E-state index in [1.165, 1.54) is 0 Å². The Morgan fingerprint density at radius 1 is 1.07 bits per heavy atom. The Balaban J connectivity index is 1.69. The van der Waals surface area contributed by atoms with Gasteiger partial charge in [-0.2, -0.15) is 4.98 Å². The quantitative estimate of drug-likeness (QED) is 0.568. The van der Waals surface area contributed by atoms with Gasteiger partial charge >= 0.3 is 0 Å². The van der Waals surface area contributed by atoms with Gasteiger partial charge in [-0.25, -0.2) is 0 Å². The van der Waals surface area contributed by atoms with Gasteiger partial charge in [-0.05, 0) is 37.1 Å². The molecule has 0 unspecified atom stereocenters. The predicted octanol–water partition coefficient (Wildman–Crippen LogP) is 4.78. The zero-order valence-electron chi connectivity index (χ0n) is 15.9. The summed E-state index contributed by atoms with van der Waals surface area (Å²) >= 11 is 3.38. The highest BCUT2D eigenvalue weighted by Gasteiger charge is 2.27. The molecule has 7 heteroatoms. The van der Waals surface area contributed by atoms with Crippen LogP contribution in [0.2, 0.25) is 0 Å².